The molecule has 2 aromatic carbocycles. The Kier molecular flexibility index (Phi) is 6.40. The molecule has 162 valence electrons. The van der Waals surface area contributed by atoms with E-state index in [0.29, 0.717) is 11.4 Å². The molecule has 0 aliphatic heterocycles. The zero-order valence-electron chi connectivity index (χ0n) is 17.0. The summed E-state index contributed by atoms with van der Waals surface area (Å²) in [6.07, 6.45) is 2.58. The SMILES string of the molecule is CCc1ccccc1N=Cc1c(CC(=O)[O-])[nH]n(-c2cccc(NS(C)(=O)=O)c2)c1=O. The lowest BCUT2D eigenvalue weighted by Gasteiger charge is -2.07. The minimum Gasteiger partial charge on any atom is -0.550 e. The fraction of sp³-hybridized carbons (Fsp3) is 0.190. The van der Waals surface area contributed by atoms with Crippen molar-refractivity contribution in [2.75, 3.05) is 11.0 Å². The Bertz CT molecular complexity index is 1310. The quantitative estimate of drug-likeness (QED) is 0.505. The van der Waals surface area contributed by atoms with Crippen LogP contribution in [0.2, 0.25) is 0 Å². The number of aryl methyl sites for hydroxylation is 1. The van der Waals surface area contributed by atoms with E-state index in [1.807, 2.05) is 25.1 Å². The average molecular weight is 441 g/mol. The van der Waals surface area contributed by atoms with Gasteiger partial charge in [0.15, 0.2) is 0 Å². The fourth-order valence-electron chi connectivity index (χ4n) is 3.08. The Labute approximate surface area is 179 Å². The van der Waals surface area contributed by atoms with Crippen LogP contribution < -0.4 is 15.4 Å². The number of benzene rings is 2. The van der Waals surface area contributed by atoms with Gasteiger partial charge in [-0.1, -0.05) is 31.2 Å². The predicted molar refractivity (Wildman–Crippen MR) is 117 cm³/mol. The van der Waals surface area contributed by atoms with Gasteiger partial charge < -0.3 is 9.90 Å². The molecule has 0 radical (unpaired) electrons. The molecule has 0 bridgehead atoms. The van der Waals surface area contributed by atoms with Crippen LogP contribution in [0, 0.1) is 0 Å². The van der Waals surface area contributed by atoms with Gasteiger partial charge in [-0.15, -0.1) is 0 Å². The van der Waals surface area contributed by atoms with Crippen LogP contribution >= 0.6 is 0 Å². The van der Waals surface area contributed by atoms with Gasteiger partial charge in [-0.3, -0.25) is 19.6 Å². The number of carboxylic acids is 1. The van der Waals surface area contributed by atoms with Gasteiger partial charge in [-0.05, 0) is 36.2 Å². The maximum absolute atomic E-state index is 13.0. The number of carboxylic acid groups (broad SMARTS) is 1. The molecule has 1 aromatic heterocycles. The summed E-state index contributed by atoms with van der Waals surface area (Å²) < 4.78 is 26.5. The highest BCUT2D eigenvalue weighted by molar-refractivity contribution is 7.92. The van der Waals surface area contributed by atoms with Crippen molar-refractivity contribution in [3.8, 4) is 5.69 Å². The van der Waals surface area contributed by atoms with Gasteiger partial charge in [0.1, 0.15) is 0 Å². The van der Waals surface area contributed by atoms with Crippen molar-refractivity contribution >= 4 is 33.6 Å². The highest BCUT2D eigenvalue weighted by Crippen LogP contribution is 2.19. The van der Waals surface area contributed by atoms with Crippen molar-refractivity contribution in [3.63, 3.8) is 0 Å². The van der Waals surface area contributed by atoms with E-state index in [1.165, 1.54) is 18.3 Å². The molecule has 3 aromatic rings. The number of nitrogens with zero attached hydrogens (tertiary/aromatic N) is 2. The normalized spacial score (nSPS) is 11.7. The average Bonchev–Trinajstić information content (AvgIpc) is 3.00. The molecule has 2 N–H and O–H groups in total. The van der Waals surface area contributed by atoms with Crippen molar-refractivity contribution in [2.45, 2.75) is 19.8 Å². The summed E-state index contributed by atoms with van der Waals surface area (Å²) in [6.45, 7) is 1.98. The van der Waals surface area contributed by atoms with Crippen LogP contribution in [0.25, 0.3) is 5.69 Å². The molecule has 0 atom stereocenters. The first-order valence-electron chi connectivity index (χ1n) is 9.42. The van der Waals surface area contributed by atoms with E-state index in [1.54, 1.807) is 18.2 Å². The van der Waals surface area contributed by atoms with Crippen LogP contribution in [0.4, 0.5) is 11.4 Å². The molecular weight excluding hydrogens is 420 g/mol. The number of hydrogen-bond acceptors (Lipinski definition) is 6. The standard InChI is InChI=1S/C21H22N4O5S/c1-3-14-7-4-5-10-18(14)22-13-17-19(12-20(26)27)23-25(21(17)28)16-9-6-8-15(11-16)24-31(2,29)30/h4-11,13,23-24H,3,12H2,1-2H3,(H,26,27)/p-1. The van der Waals surface area contributed by atoms with Gasteiger partial charge in [0, 0.05) is 18.6 Å². The third-order valence-electron chi connectivity index (χ3n) is 4.44. The predicted octanol–water partition coefficient (Wildman–Crippen LogP) is 1.14. The number of hydrogen-bond donors (Lipinski definition) is 2. The Morgan fingerprint density at radius 1 is 1.23 bits per heavy atom. The number of aliphatic imine (C=N–C) groups is 1. The Hall–Kier alpha value is -3.66. The maximum atomic E-state index is 13.0. The number of para-hydroxylation sites is 1. The van der Waals surface area contributed by atoms with Crippen LogP contribution in [0.5, 0.6) is 0 Å². The van der Waals surface area contributed by atoms with Crippen molar-refractivity contribution in [2.24, 2.45) is 4.99 Å². The van der Waals surface area contributed by atoms with Crippen LogP contribution in [-0.4, -0.2) is 36.6 Å². The highest BCUT2D eigenvalue weighted by Gasteiger charge is 2.15. The summed E-state index contributed by atoms with van der Waals surface area (Å²) >= 11 is 0. The van der Waals surface area contributed by atoms with E-state index < -0.39 is 28.0 Å². The van der Waals surface area contributed by atoms with E-state index in [-0.39, 0.29) is 16.9 Å². The van der Waals surface area contributed by atoms with E-state index in [9.17, 15) is 23.1 Å². The first kappa shape index (κ1) is 22.0. The minimum absolute atomic E-state index is 0.0802. The molecule has 0 aliphatic carbocycles. The fourth-order valence-corrected chi connectivity index (χ4v) is 3.64. The van der Waals surface area contributed by atoms with Gasteiger partial charge in [0.2, 0.25) is 10.0 Å². The summed E-state index contributed by atoms with van der Waals surface area (Å²) in [7, 11) is -3.51. The second kappa shape index (κ2) is 9.00. The first-order valence-corrected chi connectivity index (χ1v) is 11.3. The van der Waals surface area contributed by atoms with Crippen molar-refractivity contribution in [3.05, 3.63) is 75.7 Å². The molecule has 31 heavy (non-hydrogen) atoms. The Balaban J connectivity index is 2.08. The van der Waals surface area contributed by atoms with Crippen LogP contribution in [-0.2, 0) is 27.7 Å². The van der Waals surface area contributed by atoms with Crippen LogP contribution in [0.1, 0.15) is 23.7 Å². The number of aliphatic carboxylic acids is 1. The van der Waals surface area contributed by atoms with Gasteiger partial charge in [0.25, 0.3) is 5.56 Å². The van der Waals surface area contributed by atoms with E-state index in [2.05, 4.69) is 14.8 Å². The smallest absolute Gasteiger partial charge is 0.280 e. The molecule has 0 unspecified atom stereocenters. The monoisotopic (exact) mass is 441 g/mol. The van der Waals surface area contributed by atoms with E-state index in [4.69, 9.17) is 0 Å². The Morgan fingerprint density at radius 3 is 2.65 bits per heavy atom. The third kappa shape index (κ3) is 5.48. The molecule has 0 fully saturated rings. The number of aromatic amines is 1. The number of aromatic nitrogens is 2. The molecular formula is C21H21N4O5S-. The summed E-state index contributed by atoms with van der Waals surface area (Å²) in [5.41, 5.74) is 1.93. The molecule has 10 heteroatoms. The zero-order chi connectivity index (χ0) is 22.6. The molecule has 0 aliphatic rings. The summed E-state index contributed by atoms with van der Waals surface area (Å²) in [5, 5.41) is 14.0. The van der Waals surface area contributed by atoms with E-state index in [0.717, 1.165) is 22.9 Å². The largest absolute Gasteiger partial charge is 0.550 e. The zero-order valence-corrected chi connectivity index (χ0v) is 17.8. The van der Waals surface area contributed by atoms with Gasteiger partial charge >= 0.3 is 0 Å². The molecule has 3 rings (SSSR count). The molecule has 0 saturated carbocycles. The van der Waals surface area contributed by atoms with Crippen LogP contribution in [0.15, 0.2) is 58.3 Å². The Morgan fingerprint density at radius 2 is 1.97 bits per heavy atom. The van der Waals surface area contributed by atoms with Gasteiger partial charge in [-0.2, -0.15) is 0 Å². The van der Waals surface area contributed by atoms with Crippen molar-refractivity contribution in [1.82, 2.24) is 9.78 Å². The first-order chi connectivity index (χ1) is 14.7. The molecule has 9 nitrogen and oxygen atoms in total. The topological polar surface area (TPSA) is 136 Å². The number of rotatable bonds is 8. The second-order valence-electron chi connectivity index (χ2n) is 6.86. The number of nitrogens with one attached hydrogen (secondary N) is 2. The van der Waals surface area contributed by atoms with Gasteiger partial charge in [-0.25, -0.2) is 13.1 Å². The maximum Gasteiger partial charge on any atom is 0.280 e. The molecule has 0 spiro atoms. The van der Waals surface area contributed by atoms with Gasteiger partial charge in [0.05, 0.1) is 34.6 Å². The number of carbonyl (C=O) groups is 1. The molecule has 0 amide bonds. The summed E-state index contributed by atoms with van der Waals surface area (Å²) in [6, 6.07) is 13.6. The third-order valence-corrected chi connectivity index (χ3v) is 5.05. The molecule has 1 heterocycles. The van der Waals surface area contributed by atoms with Crippen LogP contribution in [0.3, 0.4) is 0 Å². The number of carbonyl (C=O) groups excluding carboxylic acids is 1. The van der Waals surface area contributed by atoms with Crippen molar-refractivity contribution in [1.29, 1.82) is 0 Å². The number of H-pyrrole nitrogens is 1. The highest BCUT2D eigenvalue weighted by atomic mass is 32.2. The minimum atomic E-state index is -3.51. The molecule has 0 saturated heterocycles. The van der Waals surface area contributed by atoms with E-state index >= 15 is 0 Å². The lowest BCUT2D eigenvalue weighted by atomic mass is 10.1. The number of anilines is 1. The summed E-state index contributed by atoms with van der Waals surface area (Å²) in [5.74, 6) is -1.36. The second-order valence-corrected chi connectivity index (χ2v) is 8.61. The lowest BCUT2D eigenvalue weighted by molar-refractivity contribution is -0.304. The van der Waals surface area contributed by atoms with Crippen molar-refractivity contribution < 1.29 is 18.3 Å². The number of sulfonamides is 1. The lowest BCUT2D eigenvalue weighted by Crippen LogP contribution is -2.25. The summed E-state index contributed by atoms with van der Waals surface area (Å²) in [4.78, 5) is 28.6.